The summed E-state index contributed by atoms with van der Waals surface area (Å²) in [6, 6.07) is 0. The zero-order chi connectivity index (χ0) is 29.5. The summed E-state index contributed by atoms with van der Waals surface area (Å²) in [5.74, 6) is -0.792. The third-order valence-corrected chi connectivity index (χ3v) is 7.59. The molecule has 0 aliphatic heterocycles. The number of unbranched alkanes of at least 4 members (excludes halogenated alkanes) is 21. The number of hydrogen-bond donors (Lipinski definition) is 1. The second-order valence-electron chi connectivity index (χ2n) is 11.7. The summed E-state index contributed by atoms with van der Waals surface area (Å²) in [5, 5.41) is 2.98. The lowest BCUT2D eigenvalue weighted by atomic mass is 10.0. The minimum absolute atomic E-state index is 0.0255. The number of hydrogen-bond acceptors (Lipinski definition) is 5. The first-order chi connectivity index (χ1) is 19.5. The molecule has 0 bridgehead atoms. The van der Waals surface area contributed by atoms with Gasteiger partial charge < -0.3 is 14.8 Å². The summed E-state index contributed by atoms with van der Waals surface area (Å²) >= 11 is 0. The maximum absolute atomic E-state index is 12.0. The summed E-state index contributed by atoms with van der Waals surface area (Å²) in [6.07, 6.45) is 31.2. The van der Waals surface area contributed by atoms with Crippen molar-refractivity contribution in [3.63, 3.8) is 0 Å². The quantitative estimate of drug-likeness (QED) is 0.0690. The van der Waals surface area contributed by atoms with Crippen LogP contribution in [0.1, 0.15) is 181 Å². The molecule has 1 atom stereocenters. The topological polar surface area (TPSA) is 81.7 Å². The zero-order valence-electron chi connectivity index (χ0n) is 26.7. The molecule has 6 nitrogen and oxygen atoms in total. The predicted octanol–water partition coefficient (Wildman–Crippen LogP) is 9.37. The number of esters is 2. The molecule has 1 amide bonds. The third kappa shape index (κ3) is 30.9. The van der Waals surface area contributed by atoms with Gasteiger partial charge in [0.25, 0.3) is 0 Å². The van der Waals surface area contributed by atoms with Crippen LogP contribution in [0.15, 0.2) is 0 Å². The Morgan fingerprint density at radius 2 is 0.950 bits per heavy atom. The number of amides is 1. The van der Waals surface area contributed by atoms with E-state index in [1.165, 1.54) is 142 Å². The van der Waals surface area contributed by atoms with Crippen molar-refractivity contribution in [2.24, 2.45) is 0 Å². The average Bonchev–Trinajstić information content (AvgIpc) is 2.91. The van der Waals surface area contributed by atoms with Gasteiger partial charge in [0.05, 0.1) is 0 Å². The van der Waals surface area contributed by atoms with Crippen molar-refractivity contribution in [2.45, 2.75) is 187 Å². The van der Waals surface area contributed by atoms with Crippen molar-refractivity contribution in [2.75, 3.05) is 13.2 Å². The van der Waals surface area contributed by atoms with Gasteiger partial charge in [-0.05, 0) is 19.3 Å². The van der Waals surface area contributed by atoms with E-state index >= 15 is 0 Å². The minimum Gasteiger partial charge on any atom is -0.462 e. The van der Waals surface area contributed by atoms with Crippen LogP contribution in [0.5, 0.6) is 0 Å². The van der Waals surface area contributed by atoms with E-state index in [4.69, 9.17) is 9.47 Å². The van der Waals surface area contributed by atoms with Gasteiger partial charge in [-0.15, -0.1) is 0 Å². The van der Waals surface area contributed by atoms with Gasteiger partial charge in [-0.3, -0.25) is 14.4 Å². The molecular formula is C34H65NO5. The van der Waals surface area contributed by atoms with Gasteiger partial charge in [-0.1, -0.05) is 142 Å². The Hall–Kier alpha value is -1.59. The molecule has 0 spiro atoms. The summed E-state index contributed by atoms with van der Waals surface area (Å²) < 4.78 is 10.1. The highest BCUT2D eigenvalue weighted by molar-refractivity contribution is 5.75. The molecule has 0 radical (unpaired) electrons. The molecule has 0 aromatic carbocycles. The molecule has 0 saturated heterocycles. The second kappa shape index (κ2) is 30.4. The smallest absolute Gasteiger partial charge is 0.303 e. The molecule has 0 aromatic heterocycles. The van der Waals surface area contributed by atoms with Crippen LogP contribution in [-0.4, -0.2) is 37.1 Å². The van der Waals surface area contributed by atoms with Crippen LogP contribution in [0.4, 0.5) is 0 Å². The number of rotatable bonds is 30. The monoisotopic (exact) mass is 567 g/mol. The Labute approximate surface area is 247 Å². The first-order valence-electron chi connectivity index (χ1n) is 17.0. The van der Waals surface area contributed by atoms with Crippen molar-refractivity contribution in [1.82, 2.24) is 5.32 Å². The van der Waals surface area contributed by atoms with E-state index in [-0.39, 0.29) is 12.5 Å². The lowest BCUT2D eigenvalue weighted by Crippen LogP contribution is -2.26. The van der Waals surface area contributed by atoms with Gasteiger partial charge in [0.1, 0.15) is 12.7 Å². The molecule has 1 N–H and O–H groups in total. The Bertz CT molecular complexity index is 595. The van der Waals surface area contributed by atoms with E-state index in [1.54, 1.807) is 0 Å². The van der Waals surface area contributed by atoms with Crippen molar-refractivity contribution in [1.29, 1.82) is 0 Å². The van der Waals surface area contributed by atoms with Crippen LogP contribution in [0.2, 0.25) is 0 Å². The van der Waals surface area contributed by atoms with Crippen LogP contribution in [0.25, 0.3) is 0 Å². The Morgan fingerprint density at radius 3 is 1.32 bits per heavy atom. The Balaban J connectivity index is 3.34. The van der Waals surface area contributed by atoms with Gasteiger partial charge in [-0.2, -0.15) is 0 Å². The Kier molecular flexibility index (Phi) is 29.2. The minimum atomic E-state index is -0.492. The van der Waals surface area contributed by atoms with Crippen molar-refractivity contribution >= 4 is 17.8 Å². The van der Waals surface area contributed by atoms with Gasteiger partial charge >= 0.3 is 11.9 Å². The third-order valence-electron chi connectivity index (χ3n) is 7.59. The van der Waals surface area contributed by atoms with Crippen molar-refractivity contribution < 1.29 is 23.9 Å². The maximum atomic E-state index is 12.0. The molecule has 40 heavy (non-hydrogen) atoms. The first-order valence-corrected chi connectivity index (χ1v) is 17.0. The van der Waals surface area contributed by atoms with Gasteiger partial charge in [0.15, 0.2) is 0 Å². The van der Waals surface area contributed by atoms with E-state index in [9.17, 15) is 14.4 Å². The predicted molar refractivity (Wildman–Crippen MR) is 166 cm³/mol. The SMILES string of the molecule is CCCCCCCCCCCCCCCCCCCCCCCCNC(=O)CCC[C@@H](COC(C)=O)OC(C)=O. The van der Waals surface area contributed by atoms with E-state index in [0.717, 1.165) is 19.4 Å². The highest BCUT2D eigenvalue weighted by Crippen LogP contribution is 2.15. The van der Waals surface area contributed by atoms with Crippen LogP contribution in [-0.2, 0) is 23.9 Å². The molecule has 0 fully saturated rings. The molecule has 0 heterocycles. The van der Waals surface area contributed by atoms with E-state index in [1.807, 2.05) is 0 Å². The molecular weight excluding hydrogens is 502 g/mol. The van der Waals surface area contributed by atoms with Gasteiger partial charge in [0.2, 0.25) is 5.91 Å². The maximum Gasteiger partial charge on any atom is 0.303 e. The Morgan fingerprint density at radius 1 is 0.550 bits per heavy atom. The normalized spacial score (nSPS) is 11.8. The highest BCUT2D eigenvalue weighted by atomic mass is 16.6. The van der Waals surface area contributed by atoms with Crippen molar-refractivity contribution in [3.05, 3.63) is 0 Å². The van der Waals surface area contributed by atoms with Gasteiger partial charge in [-0.25, -0.2) is 0 Å². The van der Waals surface area contributed by atoms with Crippen LogP contribution in [0, 0.1) is 0 Å². The second-order valence-corrected chi connectivity index (χ2v) is 11.7. The molecule has 0 aromatic rings. The number of carbonyl (C=O) groups is 3. The fourth-order valence-corrected chi connectivity index (χ4v) is 5.16. The van der Waals surface area contributed by atoms with Crippen LogP contribution in [0.3, 0.4) is 0 Å². The summed E-state index contributed by atoms with van der Waals surface area (Å²) in [4.78, 5) is 34.2. The molecule has 0 aliphatic carbocycles. The molecule has 6 heteroatoms. The van der Waals surface area contributed by atoms with Crippen LogP contribution >= 0.6 is 0 Å². The molecule has 0 rings (SSSR count). The lowest BCUT2D eigenvalue weighted by Gasteiger charge is -2.16. The molecule has 0 aliphatic rings. The fraction of sp³-hybridized carbons (Fsp3) is 0.912. The number of nitrogens with one attached hydrogen (secondary N) is 1. The molecule has 0 unspecified atom stereocenters. The summed E-state index contributed by atoms with van der Waals surface area (Å²) in [7, 11) is 0. The number of ether oxygens (including phenoxy) is 2. The lowest BCUT2D eigenvalue weighted by molar-refractivity contribution is -0.156. The standard InChI is InChI=1S/C34H65NO5/c1-4-5-6-7-8-9-10-11-12-13-14-15-16-17-18-19-20-21-22-23-24-25-29-35-34(38)28-26-27-33(40-32(3)37)30-39-31(2)36/h33H,4-30H2,1-3H3,(H,35,38)/t33-/m0/s1. The average molecular weight is 568 g/mol. The fourth-order valence-electron chi connectivity index (χ4n) is 5.16. The zero-order valence-corrected chi connectivity index (χ0v) is 26.7. The van der Waals surface area contributed by atoms with E-state index in [2.05, 4.69) is 12.2 Å². The van der Waals surface area contributed by atoms with Gasteiger partial charge in [0, 0.05) is 26.8 Å². The highest BCUT2D eigenvalue weighted by Gasteiger charge is 2.14. The number of carbonyl (C=O) groups excluding carboxylic acids is 3. The van der Waals surface area contributed by atoms with Crippen LogP contribution < -0.4 is 5.32 Å². The summed E-state index contributed by atoms with van der Waals surface area (Å²) in [6.45, 7) is 5.69. The largest absolute Gasteiger partial charge is 0.462 e. The van der Waals surface area contributed by atoms with E-state index in [0.29, 0.717) is 19.3 Å². The first kappa shape index (κ1) is 38.4. The molecule has 236 valence electrons. The summed E-state index contributed by atoms with van der Waals surface area (Å²) in [5.41, 5.74) is 0. The molecule has 0 saturated carbocycles. The van der Waals surface area contributed by atoms with E-state index < -0.39 is 18.0 Å². The van der Waals surface area contributed by atoms with Crippen molar-refractivity contribution in [3.8, 4) is 0 Å².